The molecule has 19 heavy (non-hydrogen) atoms. The Balaban J connectivity index is 1.59. The molecule has 3 rings (SSSR count). The normalized spacial score (nSPS) is 16.8. The highest BCUT2D eigenvalue weighted by Gasteiger charge is 2.21. The van der Waals surface area contributed by atoms with Gasteiger partial charge in [-0.1, -0.05) is 18.2 Å². The van der Waals surface area contributed by atoms with Crippen molar-refractivity contribution in [3.63, 3.8) is 0 Å². The minimum atomic E-state index is 1.17. The molecule has 2 aromatic rings. The van der Waals surface area contributed by atoms with E-state index in [0.29, 0.717) is 0 Å². The van der Waals surface area contributed by atoms with Crippen LogP contribution in [0.3, 0.4) is 0 Å². The Hall–Kier alpha value is -1.32. The van der Waals surface area contributed by atoms with Gasteiger partial charge in [0.15, 0.2) is 0 Å². The molecule has 0 bridgehead atoms. The van der Waals surface area contributed by atoms with Crippen molar-refractivity contribution in [3.05, 3.63) is 52.2 Å². The highest BCUT2D eigenvalue weighted by Crippen LogP contribution is 2.18. The van der Waals surface area contributed by atoms with E-state index in [1.165, 1.54) is 49.5 Å². The third-order valence-electron chi connectivity index (χ3n) is 3.96. The van der Waals surface area contributed by atoms with Crippen LogP contribution in [0.15, 0.2) is 41.1 Å². The van der Waals surface area contributed by atoms with Gasteiger partial charge < -0.3 is 9.80 Å². The Morgan fingerprint density at radius 2 is 1.95 bits per heavy atom. The third kappa shape index (κ3) is 2.99. The SMILES string of the molecule is Cc1ccccc1N1CC[NH+](Cc2ccsc2)CC1. The first-order valence-corrected chi connectivity index (χ1v) is 7.92. The van der Waals surface area contributed by atoms with Gasteiger partial charge >= 0.3 is 0 Å². The van der Waals surface area contributed by atoms with E-state index in [1.54, 1.807) is 16.2 Å². The maximum absolute atomic E-state index is 2.53. The van der Waals surface area contributed by atoms with Crippen molar-refractivity contribution in [1.82, 2.24) is 0 Å². The van der Waals surface area contributed by atoms with Crippen molar-refractivity contribution in [3.8, 4) is 0 Å². The van der Waals surface area contributed by atoms with Gasteiger partial charge in [0.2, 0.25) is 0 Å². The fourth-order valence-electron chi connectivity index (χ4n) is 2.84. The van der Waals surface area contributed by atoms with Gasteiger partial charge in [0.1, 0.15) is 6.54 Å². The number of nitrogens with one attached hydrogen (secondary N) is 1. The van der Waals surface area contributed by atoms with Crippen LogP contribution >= 0.6 is 11.3 Å². The highest BCUT2D eigenvalue weighted by molar-refractivity contribution is 7.07. The maximum atomic E-state index is 2.53. The molecule has 0 spiro atoms. The molecule has 100 valence electrons. The van der Waals surface area contributed by atoms with E-state index in [1.807, 2.05) is 0 Å². The summed E-state index contributed by atoms with van der Waals surface area (Å²) in [7, 11) is 0. The van der Waals surface area contributed by atoms with E-state index in [-0.39, 0.29) is 0 Å². The molecular formula is C16H21N2S+. The van der Waals surface area contributed by atoms with Crippen LogP contribution in [0.2, 0.25) is 0 Å². The van der Waals surface area contributed by atoms with Crippen molar-refractivity contribution in [2.45, 2.75) is 13.5 Å². The first kappa shape index (κ1) is 12.7. The molecule has 1 saturated heterocycles. The van der Waals surface area contributed by atoms with Gasteiger partial charge in [-0.25, -0.2) is 0 Å². The number of anilines is 1. The lowest BCUT2D eigenvalue weighted by Gasteiger charge is -2.34. The van der Waals surface area contributed by atoms with E-state index >= 15 is 0 Å². The predicted molar refractivity (Wildman–Crippen MR) is 82.1 cm³/mol. The summed E-state index contributed by atoms with van der Waals surface area (Å²) in [6, 6.07) is 11.0. The smallest absolute Gasteiger partial charge is 0.104 e. The molecule has 0 saturated carbocycles. The van der Waals surface area contributed by atoms with Crippen molar-refractivity contribution >= 4 is 17.0 Å². The van der Waals surface area contributed by atoms with Crippen molar-refractivity contribution < 1.29 is 4.90 Å². The van der Waals surface area contributed by atoms with Crippen LogP contribution in [-0.2, 0) is 6.54 Å². The fraction of sp³-hybridized carbons (Fsp3) is 0.375. The number of benzene rings is 1. The number of quaternary nitrogens is 1. The second kappa shape index (κ2) is 5.76. The first-order valence-electron chi connectivity index (χ1n) is 6.98. The third-order valence-corrected chi connectivity index (χ3v) is 4.69. The molecule has 1 fully saturated rings. The number of para-hydroxylation sites is 1. The molecule has 2 heterocycles. The number of thiophene rings is 1. The lowest BCUT2D eigenvalue weighted by atomic mass is 10.1. The molecular weight excluding hydrogens is 252 g/mol. The van der Waals surface area contributed by atoms with Gasteiger partial charge in [0.25, 0.3) is 0 Å². The van der Waals surface area contributed by atoms with Crippen LogP contribution in [0.5, 0.6) is 0 Å². The van der Waals surface area contributed by atoms with Crippen LogP contribution < -0.4 is 9.80 Å². The van der Waals surface area contributed by atoms with Crippen LogP contribution in [0, 0.1) is 6.92 Å². The number of aryl methyl sites for hydroxylation is 1. The molecule has 0 amide bonds. The zero-order chi connectivity index (χ0) is 13.1. The summed E-state index contributed by atoms with van der Waals surface area (Å²) >= 11 is 1.80. The summed E-state index contributed by atoms with van der Waals surface area (Å²) in [5, 5.41) is 4.46. The Labute approximate surface area is 119 Å². The quantitative estimate of drug-likeness (QED) is 0.898. The van der Waals surface area contributed by atoms with Crippen LogP contribution in [-0.4, -0.2) is 26.2 Å². The summed E-state index contributed by atoms with van der Waals surface area (Å²) in [6.07, 6.45) is 0. The lowest BCUT2D eigenvalue weighted by Crippen LogP contribution is -3.13. The van der Waals surface area contributed by atoms with E-state index in [0.717, 1.165) is 0 Å². The van der Waals surface area contributed by atoms with E-state index in [9.17, 15) is 0 Å². The minimum absolute atomic E-state index is 1.17. The van der Waals surface area contributed by atoms with Gasteiger partial charge in [0.05, 0.1) is 26.2 Å². The first-order chi connectivity index (χ1) is 9.33. The predicted octanol–water partition coefficient (Wildman–Crippen LogP) is 1.96. The van der Waals surface area contributed by atoms with Gasteiger partial charge in [-0.15, -0.1) is 0 Å². The van der Waals surface area contributed by atoms with E-state index in [4.69, 9.17) is 0 Å². The second-order valence-electron chi connectivity index (χ2n) is 5.33. The fourth-order valence-corrected chi connectivity index (χ4v) is 3.51. The molecule has 0 radical (unpaired) electrons. The molecule has 1 N–H and O–H groups in total. The van der Waals surface area contributed by atoms with Crippen molar-refractivity contribution in [2.24, 2.45) is 0 Å². The zero-order valence-corrected chi connectivity index (χ0v) is 12.2. The lowest BCUT2D eigenvalue weighted by molar-refractivity contribution is -0.914. The van der Waals surface area contributed by atoms with Crippen LogP contribution in [0.25, 0.3) is 0 Å². The Kier molecular flexibility index (Phi) is 3.85. The zero-order valence-electron chi connectivity index (χ0n) is 11.4. The van der Waals surface area contributed by atoms with Gasteiger partial charge in [-0.3, -0.25) is 0 Å². The molecule has 3 heteroatoms. The number of rotatable bonds is 3. The van der Waals surface area contributed by atoms with Crippen LogP contribution in [0.1, 0.15) is 11.1 Å². The summed E-state index contributed by atoms with van der Waals surface area (Å²) in [5.74, 6) is 0. The van der Waals surface area contributed by atoms with Crippen molar-refractivity contribution in [2.75, 3.05) is 31.1 Å². The topological polar surface area (TPSA) is 7.68 Å². The Morgan fingerprint density at radius 1 is 1.16 bits per heavy atom. The molecule has 1 aliphatic rings. The molecule has 0 aliphatic carbocycles. The Morgan fingerprint density at radius 3 is 2.63 bits per heavy atom. The summed E-state index contributed by atoms with van der Waals surface area (Å²) in [4.78, 5) is 4.25. The molecule has 1 aliphatic heterocycles. The average molecular weight is 273 g/mol. The summed E-state index contributed by atoms with van der Waals surface area (Å²) in [6.45, 7) is 8.22. The van der Waals surface area contributed by atoms with Gasteiger partial charge in [-0.05, 0) is 35.4 Å². The van der Waals surface area contributed by atoms with Gasteiger partial charge in [0, 0.05) is 11.3 Å². The maximum Gasteiger partial charge on any atom is 0.104 e. The molecule has 0 atom stereocenters. The number of piperazine rings is 1. The van der Waals surface area contributed by atoms with Crippen molar-refractivity contribution in [1.29, 1.82) is 0 Å². The van der Waals surface area contributed by atoms with Crippen LogP contribution in [0.4, 0.5) is 5.69 Å². The number of hydrogen-bond donors (Lipinski definition) is 1. The summed E-state index contributed by atoms with van der Waals surface area (Å²) in [5.41, 5.74) is 4.30. The van der Waals surface area contributed by atoms with E-state index < -0.39 is 0 Å². The molecule has 1 aromatic carbocycles. The van der Waals surface area contributed by atoms with Gasteiger partial charge in [-0.2, -0.15) is 11.3 Å². The Bertz CT molecular complexity index is 513. The largest absolute Gasteiger partial charge is 0.360 e. The monoisotopic (exact) mass is 273 g/mol. The molecule has 1 aromatic heterocycles. The van der Waals surface area contributed by atoms with E-state index in [2.05, 4.69) is 52.9 Å². The number of nitrogens with zero attached hydrogens (tertiary/aromatic N) is 1. The standard InChI is InChI=1S/C16H20N2S/c1-14-4-2-3-5-16(14)18-9-7-17(8-10-18)12-15-6-11-19-13-15/h2-6,11,13H,7-10,12H2,1H3/p+1. The molecule has 0 unspecified atom stereocenters. The highest BCUT2D eigenvalue weighted by atomic mass is 32.1. The minimum Gasteiger partial charge on any atom is -0.360 e. The molecule has 2 nitrogen and oxygen atoms in total. The average Bonchev–Trinajstić information content (AvgIpc) is 2.93. The summed E-state index contributed by atoms with van der Waals surface area (Å²) < 4.78 is 0. The second-order valence-corrected chi connectivity index (χ2v) is 6.11. The number of hydrogen-bond acceptors (Lipinski definition) is 2.